The van der Waals surface area contributed by atoms with Crippen LogP contribution in [0.25, 0.3) is 0 Å². The summed E-state index contributed by atoms with van der Waals surface area (Å²) in [6.07, 6.45) is 2.43. The molecule has 26 heavy (non-hydrogen) atoms. The van der Waals surface area contributed by atoms with Crippen LogP contribution in [0, 0.1) is 0 Å². The van der Waals surface area contributed by atoms with Crippen LogP contribution in [-0.2, 0) is 12.8 Å². The Hall–Kier alpha value is -2.04. The second-order valence-electron chi connectivity index (χ2n) is 7.24. The Morgan fingerprint density at radius 2 is 1.58 bits per heavy atom. The molecule has 0 bridgehead atoms. The van der Waals surface area contributed by atoms with Crippen molar-refractivity contribution in [2.75, 3.05) is 46.4 Å². The summed E-state index contributed by atoms with van der Waals surface area (Å²) in [6, 6.07) is 17.4. The van der Waals surface area contributed by atoms with E-state index in [1.54, 1.807) is 18.2 Å². The van der Waals surface area contributed by atoms with Gasteiger partial charge in [-0.2, -0.15) is 0 Å². The number of rotatable bonds is 6. The summed E-state index contributed by atoms with van der Waals surface area (Å²) in [5.41, 5.74) is 3.10. The maximum Gasteiger partial charge on any atom is 0.123 e. The first-order chi connectivity index (χ1) is 12.8. The number of ether oxygens (including phenoxy) is 2. The molecular weight excluding hydrogens is 324 g/mol. The van der Waals surface area contributed by atoms with Gasteiger partial charge in [-0.15, -0.1) is 0 Å². The zero-order chi connectivity index (χ0) is 17.8. The number of fused-ring (bicyclic) bond motifs is 1. The third-order valence-electron chi connectivity index (χ3n) is 5.67. The van der Waals surface area contributed by atoms with Crippen LogP contribution in [0.15, 0.2) is 48.5 Å². The Morgan fingerprint density at radius 1 is 0.885 bits per heavy atom. The van der Waals surface area contributed by atoms with Crippen LogP contribution >= 0.6 is 0 Å². The molecule has 2 aliphatic rings. The topological polar surface area (TPSA) is 24.9 Å². The van der Waals surface area contributed by atoms with Gasteiger partial charge in [-0.05, 0) is 36.1 Å². The van der Waals surface area contributed by atoms with Crippen molar-refractivity contribution in [2.45, 2.75) is 18.9 Å². The molecule has 0 aromatic heterocycles. The molecule has 1 aliphatic heterocycles. The third kappa shape index (κ3) is 4.02. The largest absolute Gasteiger partial charge is 0.497 e. The highest BCUT2D eigenvalue weighted by Crippen LogP contribution is 2.26. The van der Waals surface area contributed by atoms with Crippen LogP contribution in [0.4, 0.5) is 0 Å². The lowest BCUT2D eigenvalue weighted by molar-refractivity contribution is 0.0892. The van der Waals surface area contributed by atoms with Gasteiger partial charge in [-0.3, -0.25) is 9.80 Å². The molecule has 2 aromatic carbocycles. The molecule has 0 amide bonds. The first kappa shape index (κ1) is 17.4. The van der Waals surface area contributed by atoms with Crippen LogP contribution in [0.1, 0.15) is 11.1 Å². The van der Waals surface area contributed by atoms with Gasteiger partial charge in [0.05, 0.1) is 7.11 Å². The SMILES string of the molecule is COc1cccc(OCCN2CCN(C3Cc4ccccc4C3)CC2)c1. The molecule has 1 fully saturated rings. The van der Waals surface area contributed by atoms with Crippen molar-refractivity contribution in [1.82, 2.24) is 9.80 Å². The van der Waals surface area contributed by atoms with Gasteiger partial charge in [0, 0.05) is 44.8 Å². The van der Waals surface area contributed by atoms with Crippen molar-refractivity contribution in [3.8, 4) is 11.5 Å². The normalized spacial score (nSPS) is 18.7. The predicted octanol–water partition coefficient (Wildman–Crippen LogP) is 2.86. The summed E-state index contributed by atoms with van der Waals surface area (Å²) in [6.45, 7) is 6.30. The maximum absolute atomic E-state index is 5.88. The monoisotopic (exact) mass is 352 g/mol. The van der Waals surface area contributed by atoms with Crippen molar-refractivity contribution >= 4 is 0 Å². The molecule has 4 nitrogen and oxygen atoms in total. The minimum atomic E-state index is 0.697. The summed E-state index contributed by atoms with van der Waals surface area (Å²) in [5, 5.41) is 0. The Balaban J connectivity index is 1.20. The molecular formula is C22H28N2O2. The molecule has 4 heteroatoms. The van der Waals surface area contributed by atoms with Crippen LogP contribution in [-0.4, -0.2) is 62.3 Å². The Labute approximate surface area is 156 Å². The van der Waals surface area contributed by atoms with E-state index in [0.29, 0.717) is 6.04 Å². The van der Waals surface area contributed by atoms with E-state index in [1.807, 2.05) is 24.3 Å². The lowest BCUT2D eigenvalue weighted by atomic mass is 10.1. The third-order valence-corrected chi connectivity index (χ3v) is 5.67. The van der Waals surface area contributed by atoms with Crippen molar-refractivity contribution < 1.29 is 9.47 Å². The number of hydrogen-bond acceptors (Lipinski definition) is 4. The van der Waals surface area contributed by atoms with Gasteiger partial charge in [0.2, 0.25) is 0 Å². The van der Waals surface area contributed by atoms with E-state index < -0.39 is 0 Å². The number of benzene rings is 2. The standard InChI is InChI=1S/C22H28N2O2/c1-25-21-7-4-8-22(17-21)26-14-13-23-9-11-24(12-10-23)20-15-18-5-2-3-6-19(18)16-20/h2-8,17,20H,9-16H2,1H3. The van der Waals surface area contributed by atoms with Gasteiger partial charge in [0.15, 0.2) is 0 Å². The van der Waals surface area contributed by atoms with Crippen molar-refractivity contribution in [2.24, 2.45) is 0 Å². The first-order valence-corrected chi connectivity index (χ1v) is 9.62. The fourth-order valence-corrected chi connectivity index (χ4v) is 4.13. The lowest BCUT2D eigenvalue weighted by Gasteiger charge is -2.38. The van der Waals surface area contributed by atoms with E-state index >= 15 is 0 Å². The molecule has 1 heterocycles. The Kier molecular flexibility index (Phi) is 5.42. The van der Waals surface area contributed by atoms with E-state index in [2.05, 4.69) is 34.1 Å². The average Bonchev–Trinajstić information content (AvgIpc) is 3.13. The van der Waals surface area contributed by atoms with Gasteiger partial charge in [0.25, 0.3) is 0 Å². The van der Waals surface area contributed by atoms with E-state index in [-0.39, 0.29) is 0 Å². The highest BCUT2D eigenvalue weighted by atomic mass is 16.5. The molecule has 0 N–H and O–H groups in total. The fraction of sp³-hybridized carbons (Fsp3) is 0.455. The molecule has 4 rings (SSSR count). The lowest BCUT2D eigenvalue weighted by Crippen LogP contribution is -2.51. The molecule has 1 saturated heterocycles. The summed E-state index contributed by atoms with van der Waals surface area (Å²) < 4.78 is 11.1. The quantitative estimate of drug-likeness (QED) is 0.798. The molecule has 0 atom stereocenters. The van der Waals surface area contributed by atoms with Gasteiger partial charge in [0.1, 0.15) is 18.1 Å². The number of piperazine rings is 1. The molecule has 0 radical (unpaired) electrons. The molecule has 2 aromatic rings. The van der Waals surface area contributed by atoms with Crippen LogP contribution in [0.3, 0.4) is 0 Å². The van der Waals surface area contributed by atoms with Gasteiger partial charge >= 0.3 is 0 Å². The van der Waals surface area contributed by atoms with Crippen LogP contribution < -0.4 is 9.47 Å². The molecule has 1 aliphatic carbocycles. The zero-order valence-electron chi connectivity index (χ0n) is 15.6. The van der Waals surface area contributed by atoms with Crippen LogP contribution in [0.5, 0.6) is 11.5 Å². The van der Waals surface area contributed by atoms with Gasteiger partial charge in [-0.1, -0.05) is 30.3 Å². The van der Waals surface area contributed by atoms with Crippen LogP contribution in [0.2, 0.25) is 0 Å². The molecule has 0 spiro atoms. The second kappa shape index (κ2) is 8.11. The van der Waals surface area contributed by atoms with E-state index in [9.17, 15) is 0 Å². The maximum atomic E-state index is 5.88. The van der Waals surface area contributed by atoms with E-state index in [1.165, 1.54) is 12.8 Å². The van der Waals surface area contributed by atoms with Crippen molar-refractivity contribution in [3.05, 3.63) is 59.7 Å². The smallest absolute Gasteiger partial charge is 0.123 e. The Morgan fingerprint density at radius 3 is 2.27 bits per heavy atom. The minimum Gasteiger partial charge on any atom is -0.497 e. The molecule has 138 valence electrons. The number of hydrogen-bond donors (Lipinski definition) is 0. The predicted molar refractivity (Wildman–Crippen MR) is 104 cm³/mol. The van der Waals surface area contributed by atoms with Gasteiger partial charge in [-0.25, -0.2) is 0 Å². The molecule has 0 saturated carbocycles. The van der Waals surface area contributed by atoms with Crippen molar-refractivity contribution in [3.63, 3.8) is 0 Å². The summed E-state index contributed by atoms with van der Waals surface area (Å²) in [5.74, 6) is 1.72. The first-order valence-electron chi connectivity index (χ1n) is 9.62. The summed E-state index contributed by atoms with van der Waals surface area (Å²) in [7, 11) is 1.68. The zero-order valence-corrected chi connectivity index (χ0v) is 15.6. The fourth-order valence-electron chi connectivity index (χ4n) is 4.13. The summed E-state index contributed by atoms with van der Waals surface area (Å²) in [4.78, 5) is 5.19. The number of methoxy groups -OCH3 is 1. The summed E-state index contributed by atoms with van der Waals surface area (Å²) >= 11 is 0. The number of nitrogens with zero attached hydrogens (tertiary/aromatic N) is 2. The Bertz CT molecular complexity index is 701. The molecule has 0 unspecified atom stereocenters. The highest BCUT2D eigenvalue weighted by Gasteiger charge is 2.28. The van der Waals surface area contributed by atoms with Crippen molar-refractivity contribution in [1.29, 1.82) is 0 Å². The highest BCUT2D eigenvalue weighted by molar-refractivity contribution is 5.34. The van der Waals surface area contributed by atoms with E-state index in [4.69, 9.17) is 9.47 Å². The minimum absolute atomic E-state index is 0.697. The van der Waals surface area contributed by atoms with E-state index in [0.717, 1.165) is 50.8 Å². The second-order valence-corrected chi connectivity index (χ2v) is 7.24. The van der Waals surface area contributed by atoms with Gasteiger partial charge < -0.3 is 9.47 Å². The average molecular weight is 352 g/mol.